The molecular weight excluding hydrogens is 274 g/mol. The minimum atomic E-state index is -0.572. The summed E-state index contributed by atoms with van der Waals surface area (Å²) in [6, 6.07) is 8.45. The van der Waals surface area contributed by atoms with Crippen molar-refractivity contribution in [3.63, 3.8) is 0 Å². The number of hydrogen-bond donors (Lipinski definition) is 2. The molecule has 0 aromatic heterocycles. The van der Waals surface area contributed by atoms with Gasteiger partial charge >= 0.3 is 0 Å². The van der Waals surface area contributed by atoms with E-state index in [9.17, 15) is 9.90 Å². The highest BCUT2D eigenvalue weighted by Gasteiger charge is 2.26. The Morgan fingerprint density at radius 3 is 2.55 bits per heavy atom. The van der Waals surface area contributed by atoms with Gasteiger partial charge in [0.15, 0.2) is 0 Å². The second-order valence-electron chi connectivity index (χ2n) is 7.85. The minimum absolute atomic E-state index is 0.0343. The number of aliphatic hydroxyl groups is 1. The van der Waals surface area contributed by atoms with Crippen LogP contribution in [0, 0.1) is 5.41 Å². The van der Waals surface area contributed by atoms with Gasteiger partial charge in [-0.25, -0.2) is 0 Å². The van der Waals surface area contributed by atoms with Crippen LogP contribution in [0.3, 0.4) is 0 Å². The number of rotatable bonds is 4. The first-order valence-corrected chi connectivity index (χ1v) is 8.32. The lowest BCUT2D eigenvalue weighted by atomic mass is 9.81. The van der Waals surface area contributed by atoms with Crippen LogP contribution < -0.4 is 5.32 Å². The molecule has 3 nitrogen and oxygen atoms in total. The van der Waals surface area contributed by atoms with Gasteiger partial charge in [-0.15, -0.1) is 0 Å². The molecule has 1 aromatic rings. The predicted molar refractivity (Wildman–Crippen MR) is 89.7 cm³/mol. The molecule has 0 aliphatic heterocycles. The number of carbonyl (C=O) groups excluding carboxylic acids is 1. The number of nitrogens with one attached hydrogen (secondary N) is 1. The van der Waals surface area contributed by atoms with Crippen LogP contribution in [0.25, 0.3) is 0 Å². The summed E-state index contributed by atoms with van der Waals surface area (Å²) in [6.07, 6.45) is 2.31. The van der Waals surface area contributed by atoms with E-state index in [4.69, 9.17) is 0 Å². The predicted octanol–water partition coefficient (Wildman–Crippen LogP) is 3.93. The Hall–Kier alpha value is -1.35. The standard InChI is InChI=1S/C19H29NO2/c1-13-9-10-17(16-8-6-5-7-15(13)16)20-18(22)11-14(21)12-19(2,3)4/h5-8,13-14,17,21H,9-12H2,1-4H3,(H,20,22)/t13-,14-,17+/m1/s1. The van der Waals surface area contributed by atoms with Gasteiger partial charge in [0.25, 0.3) is 0 Å². The molecule has 122 valence electrons. The minimum Gasteiger partial charge on any atom is -0.393 e. The van der Waals surface area contributed by atoms with Gasteiger partial charge in [-0.2, -0.15) is 0 Å². The first kappa shape index (κ1) is 17.0. The first-order chi connectivity index (χ1) is 10.3. The van der Waals surface area contributed by atoms with Gasteiger partial charge in [-0.3, -0.25) is 4.79 Å². The summed E-state index contributed by atoms with van der Waals surface area (Å²) in [4.78, 5) is 12.2. The molecule has 1 aliphatic carbocycles. The van der Waals surface area contributed by atoms with Crippen LogP contribution >= 0.6 is 0 Å². The summed E-state index contributed by atoms with van der Waals surface area (Å²) < 4.78 is 0. The zero-order valence-electron chi connectivity index (χ0n) is 14.2. The number of carbonyl (C=O) groups is 1. The van der Waals surface area contributed by atoms with Gasteiger partial charge in [0.05, 0.1) is 18.6 Å². The van der Waals surface area contributed by atoms with E-state index in [-0.39, 0.29) is 23.8 Å². The Bertz CT molecular complexity index is 518. The van der Waals surface area contributed by atoms with Crippen molar-refractivity contribution in [1.82, 2.24) is 5.32 Å². The first-order valence-electron chi connectivity index (χ1n) is 8.32. The van der Waals surface area contributed by atoms with Crippen LogP contribution in [0.5, 0.6) is 0 Å². The van der Waals surface area contributed by atoms with Crippen molar-refractivity contribution >= 4 is 5.91 Å². The van der Waals surface area contributed by atoms with E-state index in [1.165, 1.54) is 11.1 Å². The molecule has 0 saturated carbocycles. The number of aliphatic hydroxyl groups excluding tert-OH is 1. The summed E-state index contributed by atoms with van der Waals surface area (Å²) in [5, 5.41) is 13.2. The van der Waals surface area contributed by atoms with Crippen LogP contribution in [-0.4, -0.2) is 17.1 Å². The van der Waals surface area contributed by atoms with Gasteiger partial charge in [-0.1, -0.05) is 52.0 Å². The van der Waals surface area contributed by atoms with E-state index in [0.29, 0.717) is 12.3 Å². The molecule has 0 saturated heterocycles. The lowest BCUT2D eigenvalue weighted by Gasteiger charge is -2.30. The summed E-state index contributed by atoms with van der Waals surface area (Å²) in [5.41, 5.74) is 2.61. The van der Waals surface area contributed by atoms with E-state index >= 15 is 0 Å². The second-order valence-corrected chi connectivity index (χ2v) is 7.85. The maximum absolute atomic E-state index is 12.2. The van der Waals surface area contributed by atoms with Crippen molar-refractivity contribution in [2.75, 3.05) is 0 Å². The molecule has 22 heavy (non-hydrogen) atoms. The van der Waals surface area contributed by atoms with E-state index in [2.05, 4.69) is 51.2 Å². The molecule has 1 aromatic carbocycles. The molecule has 1 aliphatic rings. The van der Waals surface area contributed by atoms with Gasteiger partial charge in [0.2, 0.25) is 5.91 Å². The average molecular weight is 303 g/mol. The monoisotopic (exact) mass is 303 g/mol. The van der Waals surface area contributed by atoms with E-state index < -0.39 is 6.10 Å². The molecule has 0 heterocycles. The van der Waals surface area contributed by atoms with Crippen molar-refractivity contribution in [3.05, 3.63) is 35.4 Å². The highest BCUT2D eigenvalue weighted by atomic mass is 16.3. The lowest BCUT2D eigenvalue weighted by molar-refractivity contribution is -0.124. The number of amides is 1. The van der Waals surface area contributed by atoms with Gasteiger partial charge in [0.1, 0.15) is 0 Å². The van der Waals surface area contributed by atoms with E-state index in [0.717, 1.165) is 12.8 Å². The average Bonchev–Trinajstić information content (AvgIpc) is 2.40. The fourth-order valence-corrected chi connectivity index (χ4v) is 3.40. The van der Waals surface area contributed by atoms with Crippen LogP contribution in [0.4, 0.5) is 0 Å². The topological polar surface area (TPSA) is 49.3 Å². The number of fused-ring (bicyclic) bond motifs is 1. The zero-order chi connectivity index (χ0) is 16.3. The third kappa shape index (κ3) is 4.57. The summed E-state index contributed by atoms with van der Waals surface area (Å²) in [5.74, 6) is 0.502. The molecule has 1 amide bonds. The largest absolute Gasteiger partial charge is 0.393 e. The number of benzene rings is 1. The molecule has 3 atom stereocenters. The Labute approximate surface area is 134 Å². The molecule has 3 heteroatoms. The highest BCUT2D eigenvalue weighted by molar-refractivity contribution is 5.77. The van der Waals surface area contributed by atoms with Crippen LogP contribution in [-0.2, 0) is 4.79 Å². The normalized spacial score (nSPS) is 22.8. The second kappa shape index (κ2) is 6.82. The maximum Gasteiger partial charge on any atom is 0.223 e. The molecule has 0 fully saturated rings. The van der Waals surface area contributed by atoms with Crippen LogP contribution in [0.1, 0.15) is 76.5 Å². The Morgan fingerprint density at radius 2 is 1.91 bits per heavy atom. The molecule has 0 bridgehead atoms. The van der Waals surface area contributed by atoms with Crippen molar-refractivity contribution < 1.29 is 9.90 Å². The molecule has 2 N–H and O–H groups in total. The highest BCUT2D eigenvalue weighted by Crippen LogP contribution is 2.37. The molecular formula is C19H29NO2. The third-order valence-electron chi connectivity index (χ3n) is 4.39. The Kier molecular flexibility index (Phi) is 5.28. The van der Waals surface area contributed by atoms with Crippen molar-refractivity contribution in [3.8, 4) is 0 Å². The van der Waals surface area contributed by atoms with Gasteiger partial charge < -0.3 is 10.4 Å². The van der Waals surface area contributed by atoms with E-state index in [1.54, 1.807) is 0 Å². The van der Waals surface area contributed by atoms with Gasteiger partial charge in [-0.05, 0) is 41.7 Å². The molecule has 0 radical (unpaired) electrons. The lowest BCUT2D eigenvalue weighted by Crippen LogP contribution is -2.34. The fraction of sp³-hybridized carbons (Fsp3) is 0.632. The third-order valence-corrected chi connectivity index (χ3v) is 4.39. The van der Waals surface area contributed by atoms with Crippen LogP contribution in [0.15, 0.2) is 24.3 Å². The van der Waals surface area contributed by atoms with Crippen molar-refractivity contribution in [2.45, 2.75) is 71.4 Å². The fourth-order valence-electron chi connectivity index (χ4n) is 3.40. The Balaban J connectivity index is 1.97. The molecule has 0 spiro atoms. The quantitative estimate of drug-likeness (QED) is 0.885. The summed E-state index contributed by atoms with van der Waals surface area (Å²) in [7, 11) is 0. The number of hydrogen-bond acceptors (Lipinski definition) is 2. The van der Waals surface area contributed by atoms with Crippen molar-refractivity contribution in [1.29, 1.82) is 0 Å². The van der Waals surface area contributed by atoms with Crippen molar-refractivity contribution in [2.24, 2.45) is 5.41 Å². The summed E-state index contributed by atoms with van der Waals surface area (Å²) >= 11 is 0. The smallest absolute Gasteiger partial charge is 0.223 e. The summed E-state index contributed by atoms with van der Waals surface area (Å²) in [6.45, 7) is 8.47. The van der Waals surface area contributed by atoms with Crippen LogP contribution in [0.2, 0.25) is 0 Å². The molecule has 0 unspecified atom stereocenters. The van der Waals surface area contributed by atoms with Gasteiger partial charge in [0, 0.05) is 0 Å². The molecule has 2 rings (SSSR count). The maximum atomic E-state index is 12.2. The Morgan fingerprint density at radius 1 is 1.27 bits per heavy atom. The zero-order valence-corrected chi connectivity index (χ0v) is 14.2. The SMILES string of the molecule is C[C@@H]1CC[C@H](NC(=O)C[C@@H](O)CC(C)(C)C)c2ccccc21. The van der Waals surface area contributed by atoms with E-state index in [1.807, 2.05) is 6.07 Å².